The van der Waals surface area contributed by atoms with Crippen molar-refractivity contribution in [3.63, 3.8) is 0 Å². The van der Waals surface area contributed by atoms with Crippen LogP contribution in [-0.4, -0.2) is 35.2 Å². The number of carbonyl (C=O) groups excluding carboxylic acids is 1. The third-order valence-electron chi connectivity index (χ3n) is 1.00. The van der Waals surface area contributed by atoms with Gasteiger partial charge in [-0.2, -0.15) is 0 Å². The number of rotatable bonds is 2. The summed E-state index contributed by atoms with van der Waals surface area (Å²) in [6.45, 7) is 3.49. The minimum absolute atomic E-state index is 0.252. The SMILES string of the molecule is CN(CC(C)(C)O)C(N)=O. The molecule has 0 aliphatic heterocycles. The van der Waals surface area contributed by atoms with Gasteiger partial charge in [-0.15, -0.1) is 0 Å². The molecule has 0 fully saturated rings. The number of nitrogens with two attached hydrogens (primary N) is 1. The molecule has 0 aliphatic rings. The Hall–Kier alpha value is -0.770. The summed E-state index contributed by atoms with van der Waals surface area (Å²) >= 11 is 0. The Balaban J connectivity index is 3.80. The molecule has 2 amide bonds. The fourth-order valence-corrected chi connectivity index (χ4v) is 0.658. The average Bonchev–Trinajstić information content (AvgIpc) is 1.60. The Morgan fingerprint density at radius 2 is 2.10 bits per heavy atom. The number of primary amides is 1. The first-order valence-corrected chi connectivity index (χ1v) is 3.06. The molecule has 0 aromatic rings. The van der Waals surface area contributed by atoms with E-state index in [2.05, 4.69) is 0 Å². The molecule has 0 aromatic heterocycles. The van der Waals surface area contributed by atoms with Crippen molar-refractivity contribution in [3.8, 4) is 0 Å². The monoisotopic (exact) mass is 146 g/mol. The van der Waals surface area contributed by atoms with Crippen molar-refractivity contribution in [1.29, 1.82) is 0 Å². The van der Waals surface area contributed by atoms with Crippen LogP contribution in [0.4, 0.5) is 4.79 Å². The minimum Gasteiger partial charge on any atom is -0.389 e. The highest BCUT2D eigenvalue weighted by atomic mass is 16.3. The van der Waals surface area contributed by atoms with Gasteiger partial charge in [-0.25, -0.2) is 4.79 Å². The summed E-state index contributed by atoms with van der Waals surface area (Å²) in [5.74, 6) is 0. The number of hydrogen-bond donors (Lipinski definition) is 2. The van der Waals surface area contributed by atoms with Crippen LogP contribution in [0.5, 0.6) is 0 Å². The number of nitrogens with zero attached hydrogens (tertiary/aromatic N) is 1. The zero-order valence-corrected chi connectivity index (χ0v) is 6.59. The van der Waals surface area contributed by atoms with E-state index < -0.39 is 11.6 Å². The second-order valence-electron chi connectivity index (χ2n) is 3.01. The second-order valence-corrected chi connectivity index (χ2v) is 3.01. The van der Waals surface area contributed by atoms with Gasteiger partial charge in [-0.1, -0.05) is 0 Å². The van der Waals surface area contributed by atoms with Crippen molar-refractivity contribution in [2.75, 3.05) is 13.6 Å². The van der Waals surface area contributed by atoms with E-state index in [-0.39, 0.29) is 6.54 Å². The number of urea groups is 1. The van der Waals surface area contributed by atoms with Gasteiger partial charge < -0.3 is 15.7 Å². The maximum absolute atomic E-state index is 10.4. The number of aliphatic hydroxyl groups is 1. The molecular weight excluding hydrogens is 132 g/mol. The predicted octanol–water partition coefficient (Wildman–Crippen LogP) is -0.232. The molecule has 0 unspecified atom stereocenters. The number of likely N-dealkylation sites (N-methyl/N-ethyl adjacent to an activating group) is 1. The zero-order valence-electron chi connectivity index (χ0n) is 6.59. The molecule has 0 rings (SSSR count). The van der Waals surface area contributed by atoms with Gasteiger partial charge in [0.15, 0.2) is 0 Å². The number of hydrogen-bond acceptors (Lipinski definition) is 2. The van der Waals surface area contributed by atoms with Crippen LogP contribution in [0.25, 0.3) is 0 Å². The Kier molecular flexibility index (Phi) is 2.65. The lowest BCUT2D eigenvalue weighted by Gasteiger charge is -2.23. The van der Waals surface area contributed by atoms with Crippen LogP contribution >= 0.6 is 0 Å². The lowest BCUT2D eigenvalue weighted by Crippen LogP contribution is -2.42. The lowest BCUT2D eigenvalue weighted by molar-refractivity contribution is 0.0544. The summed E-state index contributed by atoms with van der Waals surface area (Å²) in [6.07, 6.45) is 0. The molecule has 0 radical (unpaired) electrons. The summed E-state index contributed by atoms with van der Waals surface area (Å²) in [4.78, 5) is 11.7. The molecule has 4 nitrogen and oxygen atoms in total. The first-order valence-electron chi connectivity index (χ1n) is 3.06. The van der Waals surface area contributed by atoms with Crippen LogP contribution in [0, 0.1) is 0 Å². The second kappa shape index (κ2) is 2.88. The van der Waals surface area contributed by atoms with Gasteiger partial charge in [-0.3, -0.25) is 0 Å². The van der Waals surface area contributed by atoms with E-state index in [0.717, 1.165) is 0 Å². The first kappa shape index (κ1) is 9.23. The Bertz CT molecular complexity index is 128. The quantitative estimate of drug-likeness (QED) is 0.565. The Labute approximate surface area is 60.6 Å². The molecule has 3 N–H and O–H groups in total. The fraction of sp³-hybridized carbons (Fsp3) is 0.833. The van der Waals surface area contributed by atoms with Crippen LogP contribution in [0.2, 0.25) is 0 Å². The molecule has 0 saturated carbocycles. The van der Waals surface area contributed by atoms with E-state index in [4.69, 9.17) is 5.73 Å². The van der Waals surface area contributed by atoms with Gasteiger partial charge in [0.25, 0.3) is 0 Å². The minimum atomic E-state index is -0.871. The van der Waals surface area contributed by atoms with Gasteiger partial charge in [0, 0.05) is 7.05 Å². The normalized spacial score (nSPS) is 11.2. The van der Waals surface area contributed by atoms with Crippen molar-refractivity contribution in [2.24, 2.45) is 5.73 Å². The summed E-state index contributed by atoms with van der Waals surface area (Å²) in [5, 5.41) is 9.19. The molecular formula is C6H14N2O2. The summed E-state index contributed by atoms with van der Waals surface area (Å²) in [7, 11) is 1.54. The maximum Gasteiger partial charge on any atom is 0.314 e. The van der Waals surface area contributed by atoms with Crippen LogP contribution in [0.1, 0.15) is 13.8 Å². The van der Waals surface area contributed by atoms with Crippen molar-refractivity contribution in [1.82, 2.24) is 4.90 Å². The van der Waals surface area contributed by atoms with Crippen LogP contribution in [0.3, 0.4) is 0 Å². The third-order valence-corrected chi connectivity index (χ3v) is 1.00. The molecule has 0 bridgehead atoms. The standard InChI is InChI=1S/C6H14N2O2/c1-6(2,10)4-8(3)5(7)9/h10H,4H2,1-3H3,(H2,7,9). The van der Waals surface area contributed by atoms with E-state index in [0.29, 0.717) is 0 Å². The molecule has 0 aromatic carbocycles. The van der Waals surface area contributed by atoms with Gasteiger partial charge in [-0.05, 0) is 13.8 Å². The van der Waals surface area contributed by atoms with E-state index in [1.54, 1.807) is 20.9 Å². The maximum atomic E-state index is 10.4. The number of carbonyl (C=O) groups is 1. The topological polar surface area (TPSA) is 66.6 Å². The zero-order chi connectivity index (χ0) is 8.36. The molecule has 0 saturated heterocycles. The molecule has 4 heteroatoms. The predicted molar refractivity (Wildman–Crippen MR) is 38.5 cm³/mol. The highest BCUT2D eigenvalue weighted by Gasteiger charge is 2.16. The van der Waals surface area contributed by atoms with Gasteiger partial charge in [0.05, 0.1) is 12.1 Å². The van der Waals surface area contributed by atoms with E-state index in [1.807, 2.05) is 0 Å². The van der Waals surface area contributed by atoms with Gasteiger partial charge in [0.2, 0.25) is 0 Å². The van der Waals surface area contributed by atoms with Gasteiger partial charge in [0.1, 0.15) is 0 Å². The molecule has 60 valence electrons. The third kappa shape index (κ3) is 4.14. The fourth-order valence-electron chi connectivity index (χ4n) is 0.658. The highest BCUT2D eigenvalue weighted by molar-refractivity contribution is 5.71. The lowest BCUT2D eigenvalue weighted by atomic mass is 10.1. The van der Waals surface area contributed by atoms with Crippen molar-refractivity contribution >= 4 is 6.03 Å². The summed E-state index contributed by atoms with van der Waals surface area (Å²) < 4.78 is 0. The molecule has 0 aliphatic carbocycles. The smallest absolute Gasteiger partial charge is 0.314 e. The van der Waals surface area contributed by atoms with Gasteiger partial charge >= 0.3 is 6.03 Å². The molecule has 0 atom stereocenters. The van der Waals surface area contributed by atoms with Crippen molar-refractivity contribution in [3.05, 3.63) is 0 Å². The molecule has 10 heavy (non-hydrogen) atoms. The van der Waals surface area contributed by atoms with E-state index in [9.17, 15) is 9.90 Å². The average molecular weight is 146 g/mol. The van der Waals surface area contributed by atoms with Crippen molar-refractivity contribution < 1.29 is 9.90 Å². The Morgan fingerprint density at radius 3 is 2.20 bits per heavy atom. The number of amides is 2. The van der Waals surface area contributed by atoms with Crippen LogP contribution in [-0.2, 0) is 0 Å². The highest BCUT2D eigenvalue weighted by Crippen LogP contribution is 2.01. The van der Waals surface area contributed by atoms with Crippen LogP contribution < -0.4 is 5.73 Å². The Morgan fingerprint density at radius 1 is 1.70 bits per heavy atom. The molecule has 0 spiro atoms. The summed E-state index contributed by atoms with van der Waals surface area (Å²) in [6, 6.07) is -0.526. The largest absolute Gasteiger partial charge is 0.389 e. The van der Waals surface area contributed by atoms with Crippen molar-refractivity contribution in [2.45, 2.75) is 19.4 Å². The summed E-state index contributed by atoms with van der Waals surface area (Å²) in [5.41, 5.74) is 4.05. The van der Waals surface area contributed by atoms with E-state index in [1.165, 1.54) is 4.90 Å². The van der Waals surface area contributed by atoms with E-state index >= 15 is 0 Å². The molecule has 0 heterocycles. The first-order chi connectivity index (χ1) is 4.33. The van der Waals surface area contributed by atoms with Crippen LogP contribution in [0.15, 0.2) is 0 Å².